The van der Waals surface area contributed by atoms with Crippen LogP contribution in [0.5, 0.6) is 0 Å². The molecule has 0 saturated heterocycles. The Kier molecular flexibility index (Phi) is 5.49. The summed E-state index contributed by atoms with van der Waals surface area (Å²) in [5.41, 5.74) is 0.862. The van der Waals surface area contributed by atoms with Crippen molar-refractivity contribution in [2.45, 2.75) is 43.0 Å². The van der Waals surface area contributed by atoms with Crippen LogP contribution in [0.15, 0.2) is 29.2 Å². The summed E-state index contributed by atoms with van der Waals surface area (Å²) in [6.45, 7) is 0.844. The largest absolute Gasteiger partial charge is 0.367 e. The maximum absolute atomic E-state index is 12.0. The number of nitrogens with zero attached hydrogens (tertiary/aromatic N) is 1. The second kappa shape index (κ2) is 6.94. The maximum Gasteiger partial charge on any atom is 0.177 e. The fourth-order valence-corrected chi connectivity index (χ4v) is 4.26. The van der Waals surface area contributed by atoms with Gasteiger partial charge >= 0.3 is 0 Å². The van der Waals surface area contributed by atoms with E-state index in [-0.39, 0.29) is 0 Å². The predicted octanol–water partition coefficient (Wildman–Crippen LogP) is 3.62. The van der Waals surface area contributed by atoms with Crippen LogP contribution in [0.25, 0.3) is 0 Å². The minimum absolute atomic E-state index is 0.450. The molecule has 3 nitrogen and oxygen atoms in total. The number of alkyl halides is 1. The molecule has 1 saturated carbocycles. The van der Waals surface area contributed by atoms with Crippen molar-refractivity contribution >= 4 is 31.5 Å². The zero-order chi connectivity index (χ0) is 14.6. The lowest BCUT2D eigenvalue weighted by Gasteiger charge is -2.36. The highest BCUT2D eigenvalue weighted by Gasteiger charge is 2.25. The van der Waals surface area contributed by atoms with Gasteiger partial charge in [0.1, 0.15) is 0 Å². The number of hydrogen-bond acceptors (Lipinski definition) is 3. The van der Waals surface area contributed by atoms with Gasteiger partial charge in [0.05, 0.1) is 10.6 Å². The predicted molar refractivity (Wildman–Crippen MR) is 87.6 cm³/mol. The lowest BCUT2D eigenvalue weighted by Crippen LogP contribution is -2.39. The summed E-state index contributed by atoms with van der Waals surface area (Å²) in [5.74, 6) is 0. The maximum atomic E-state index is 12.0. The Morgan fingerprint density at radius 2 is 1.85 bits per heavy atom. The number of benzene rings is 1. The zero-order valence-corrected chi connectivity index (χ0v) is 14.3. The summed E-state index contributed by atoms with van der Waals surface area (Å²) in [4.78, 5) is 2.73. The molecule has 0 unspecified atom stereocenters. The molecule has 0 amide bonds. The van der Waals surface area contributed by atoms with Crippen LogP contribution in [0.4, 0.5) is 5.69 Å². The molecule has 0 heterocycles. The Balaban J connectivity index is 2.38. The van der Waals surface area contributed by atoms with Gasteiger partial charge in [0.15, 0.2) is 9.84 Å². The average Bonchev–Trinajstić information content (AvgIpc) is 2.45. The quantitative estimate of drug-likeness (QED) is 0.753. The second-order valence-corrected chi connectivity index (χ2v) is 8.19. The number of halogens is 1. The van der Waals surface area contributed by atoms with E-state index in [1.165, 1.54) is 25.5 Å². The van der Waals surface area contributed by atoms with E-state index in [1.54, 1.807) is 12.1 Å². The molecule has 0 atom stereocenters. The topological polar surface area (TPSA) is 37.4 Å². The van der Waals surface area contributed by atoms with Crippen molar-refractivity contribution in [3.05, 3.63) is 24.3 Å². The summed E-state index contributed by atoms with van der Waals surface area (Å²) in [7, 11) is -3.19. The summed E-state index contributed by atoms with van der Waals surface area (Å²) in [6.07, 6.45) is 7.39. The van der Waals surface area contributed by atoms with Crippen LogP contribution >= 0.6 is 15.9 Å². The molecule has 0 N–H and O–H groups in total. The third kappa shape index (κ3) is 3.76. The minimum atomic E-state index is -3.19. The van der Waals surface area contributed by atoms with Crippen molar-refractivity contribution in [2.75, 3.05) is 23.0 Å². The Hall–Kier alpha value is -0.550. The van der Waals surface area contributed by atoms with Gasteiger partial charge in [0.2, 0.25) is 0 Å². The van der Waals surface area contributed by atoms with E-state index in [0.717, 1.165) is 30.4 Å². The molecule has 0 bridgehead atoms. The van der Waals surface area contributed by atoms with Gasteiger partial charge in [-0.15, -0.1) is 0 Å². The fraction of sp³-hybridized carbons (Fsp3) is 0.600. The first kappa shape index (κ1) is 15.8. The van der Waals surface area contributed by atoms with Crippen molar-refractivity contribution < 1.29 is 8.42 Å². The normalized spacial score (nSPS) is 17.1. The van der Waals surface area contributed by atoms with Crippen LogP contribution in [0.2, 0.25) is 0 Å². The highest BCUT2D eigenvalue weighted by atomic mass is 79.9. The van der Waals surface area contributed by atoms with Crippen LogP contribution in [-0.2, 0) is 9.84 Å². The van der Waals surface area contributed by atoms with Gasteiger partial charge < -0.3 is 4.90 Å². The van der Waals surface area contributed by atoms with Crippen LogP contribution in [0, 0.1) is 0 Å². The van der Waals surface area contributed by atoms with Gasteiger partial charge in [0.25, 0.3) is 0 Å². The number of para-hydroxylation sites is 1. The van der Waals surface area contributed by atoms with E-state index in [0.29, 0.717) is 10.9 Å². The lowest BCUT2D eigenvalue weighted by atomic mass is 9.94. The molecule has 1 aliphatic rings. The van der Waals surface area contributed by atoms with Gasteiger partial charge in [-0.1, -0.05) is 47.3 Å². The van der Waals surface area contributed by atoms with Crippen LogP contribution in [0.3, 0.4) is 0 Å². The van der Waals surface area contributed by atoms with E-state index >= 15 is 0 Å². The summed E-state index contributed by atoms with van der Waals surface area (Å²) in [6, 6.07) is 7.84. The van der Waals surface area contributed by atoms with Crippen molar-refractivity contribution in [1.82, 2.24) is 0 Å². The van der Waals surface area contributed by atoms with E-state index in [1.807, 2.05) is 12.1 Å². The first-order valence-corrected chi connectivity index (χ1v) is 10.2. The van der Waals surface area contributed by atoms with Crippen molar-refractivity contribution in [2.24, 2.45) is 0 Å². The highest BCUT2D eigenvalue weighted by molar-refractivity contribution is 9.09. The standard InChI is InChI=1S/C15H22BrNO2S/c1-20(18,19)15-10-6-5-9-14(15)17(12-11-16)13-7-3-2-4-8-13/h5-6,9-10,13H,2-4,7-8,11-12H2,1H3. The molecule has 0 aromatic heterocycles. The van der Waals surface area contributed by atoms with Gasteiger partial charge in [-0.3, -0.25) is 0 Å². The summed E-state index contributed by atoms with van der Waals surface area (Å²) >= 11 is 3.50. The zero-order valence-electron chi connectivity index (χ0n) is 11.9. The Morgan fingerprint density at radius 1 is 1.20 bits per heavy atom. The Labute approximate surface area is 130 Å². The molecule has 2 rings (SSSR count). The minimum Gasteiger partial charge on any atom is -0.367 e. The van der Waals surface area contributed by atoms with E-state index < -0.39 is 9.84 Å². The van der Waals surface area contributed by atoms with Crippen LogP contribution in [0.1, 0.15) is 32.1 Å². The molecule has 1 aliphatic carbocycles. The third-order valence-electron chi connectivity index (χ3n) is 3.92. The number of sulfone groups is 1. The van der Waals surface area contributed by atoms with Crippen molar-refractivity contribution in [3.63, 3.8) is 0 Å². The van der Waals surface area contributed by atoms with Crippen molar-refractivity contribution in [3.8, 4) is 0 Å². The van der Waals surface area contributed by atoms with Crippen molar-refractivity contribution in [1.29, 1.82) is 0 Å². The van der Waals surface area contributed by atoms with Gasteiger partial charge in [-0.2, -0.15) is 0 Å². The Bertz CT molecular complexity index is 539. The summed E-state index contributed by atoms with van der Waals surface area (Å²) in [5, 5.41) is 0.849. The number of rotatable bonds is 5. The summed E-state index contributed by atoms with van der Waals surface area (Å²) < 4.78 is 24.0. The monoisotopic (exact) mass is 359 g/mol. The molecular formula is C15H22BrNO2S. The Morgan fingerprint density at radius 3 is 2.45 bits per heavy atom. The van der Waals surface area contributed by atoms with E-state index in [9.17, 15) is 8.42 Å². The highest BCUT2D eigenvalue weighted by Crippen LogP contribution is 2.31. The smallest absolute Gasteiger partial charge is 0.177 e. The molecule has 0 spiro atoms. The molecule has 112 valence electrons. The van der Waals surface area contributed by atoms with E-state index in [2.05, 4.69) is 20.8 Å². The molecule has 1 aromatic rings. The van der Waals surface area contributed by atoms with Crippen LogP contribution in [-0.4, -0.2) is 32.6 Å². The lowest BCUT2D eigenvalue weighted by molar-refractivity contribution is 0.417. The van der Waals surface area contributed by atoms with Gasteiger partial charge in [-0.25, -0.2) is 8.42 Å². The molecular weight excluding hydrogens is 338 g/mol. The van der Waals surface area contributed by atoms with E-state index in [4.69, 9.17) is 0 Å². The molecule has 1 aromatic carbocycles. The third-order valence-corrected chi connectivity index (χ3v) is 5.41. The number of hydrogen-bond donors (Lipinski definition) is 0. The SMILES string of the molecule is CS(=O)(=O)c1ccccc1N(CCBr)C1CCCCC1. The van der Waals surface area contributed by atoms with Crippen LogP contribution < -0.4 is 4.90 Å². The van der Waals surface area contributed by atoms with Gasteiger partial charge in [0, 0.05) is 24.2 Å². The fourth-order valence-electron chi connectivity index (χ4n) is 2.99. The molecule has 0 radical (unpaired) electrons. The molecule has 1 fully saturated rings. The molecule has 0 aliphatic heterocycles. The average molecular weight is 360 g/mol. The van der Waals surface area contributed by atoms with Gasteiger partial charge in [-0.05, 0) is 25.0 Å². The molecule has 5 heteroatoms. The first-order valence-electron chi connectivity index (χ1n) is 7.15. The molecule has 20 heavy (non-hydrogen) atoms. The second-order valence-electron chi connectivity index (χ2n) is 5.41. The first-order chi connectivity index (χ1) is 9.54. The number of anilines is 1.